The lowest BCUT2D eigenvalue weighted by Gasteiger charge is -1.95. The molecule has 0 atom stereocenters. The van der Waals surface area contributed by atoms with Crippen LogP contribution in [-0.2, 0) is 0 Å². The fraction of sp³-hybridized carbons (Fsp3) is 0.222. The highest BCUT2D eigenvalue weighted by Crippen LogP contribution is 2.07. The van der Waals surface area contributed by atoms with E-state index in [1.54, 1.807) is 0 Å². The molecule has 5 heteroatoms. The molecule has 1 N–H and O–H groups in total. The van der Waals surface area contributed by atoms with Crippen molar-refractivity contribution in [2.75, 3.05) is 0 Å². The third-order valence-electron chi connectivity index (χ3n) is 1.95. The molecule has 0 saturated carbocycles. The summed E-state index contributed by atoms with van der Waals surface area (Å²) in [6.07, 6.45) is 0.581. The van der Waals surface area contributed by atoms with Crippen LogP contribution in [0.5, 0.6) is 0 Å². The number of benzene rings is 1. The number of fused-ring (bicyclic) bond motifs is 1. The summed E-state index contributed by atoms with van der Waals surface area (Å²) in [5.41, 5.74) is 1.59. The highest BCUT2D eigenvalue weighted by molar-refractivity contribution is 5.84. The minimum absolute atomic E-state index is 0.432. The second-order valence-corrected chi connectivity index (χ2v) is 2.85. The fourth-order valence-electron chi connectivity index (χ4n) is 1.23. The van der Waals surface area contributed by atoms with Crippen molar-refractivity contribution in [1.82, 2.24) is 15.0 Å². The summed E-state index contributed by atoms with van der Waals surface area (Å²) in [7, 11) is 0. The van der Waals surface area contributed by atoms with Crippen LogP contribution < -0.4 is 0 Å². The maximum atomic E-state index is 8.69. The van der Waals surface area contributed by atoms with Crippen LogP contribution in [0.1, 0.15) is 13.3 Å². The highest BCUT2D eigenvalue weighted by atomic mass is 16.4. The summed E-state index contributed by atoms with van der Waals surface area (Å²) in [4.78, 5) is 1.35. The summed E-state index contributed by atoms with van der Waals surface area (Å²) < 4.78 is 0. The van der Waals surface area contributed by atoms with E-state index in [1.165, 1.54) is 4.80 Å². The Hall–Kier alpha value is -1.91. The van der Waals surface area contributed by atoms with E-state index in [0.29, 0.717) is 12.3 Å². The molecule has 72 valence electrons. The molecule has 1 aromatic carbocycles. The smallest absolute Gasteiger partial charge is 0.189 e. The molecule has 1 heterocycles. The van der Waals surface area contributed by atoms with Gasteiger partial charge in [0.1, 0.15) is 11.0 Å². The molecule has 0 bridgehead atoms. The summed E-state index contributed by atoms with van der Waals surface area (Å²) in [6.45, 7) is 1.88. The predicted molar refractivity (Wildman–Crippen MR) is 52.4 cm³/mol. The molecule has 5 nitrogen and oxygen atoms in total. The van der Waals surface area contributed by atoms with Crippen LogP contribution in [0.4, 0.5) is 0 Å². The van der Waals surface area contributed by atoms with Gasteiger partial charge < -0.3 is 5.21 Å². The molecule has 0 saturated heterocycles. The Balaban J connectivity index is 2.55. The van der Waals surface area contributed by atoms with E-state index in [2.05, 4.69) is 15.4 Å². The standard InChI is InChI=1S/C9H10N4O/c1-2-9(12-14)13-10-7-5-3-4-6-8(7)11-13/h3-6,14H,2H2,1H3/b12-9+. The molecule has 0 aliphatic rings. The van der Waals surface area contributed by atoms with Gasteiger partial charge in [0.25, 0.3) is 0 Å². The van der Waals surface area contributed by atoms with Crippen LogP contribution in [0.3, 0.4) is 0 Å². The second-order valence-electron chi connectivity index (χ2n) is 2.85. The first kappa shape index (κ1) is 8.68. The van der Waals surface area contributed by atoms with Gasteiger partial charge in [-0.25, -0.2) is 0 Å². The maximum absolute atomic E-state index is 8.69. The number of aromatic nitrogens is 3. The van der Waals surface area contributed by atoms with Crippen molar-refractivity contribution in [1.29, 1.82) is 0 Å². The molecule has 0 spiro atoms. The van der Waals surface area contributed by atoms with Crippen molar-refractivity contribution in [3.63, 3.8) is 0 Å². The summed E-state index contributed by atoms with van der Waals surface area (Å²) in [6, 6.07) is 7.51. The van der Waals surface area contributed by atoms with Crippen LogP contribution in [0.25, 0.3) is 11.0 Å². The molecule has 0 aliphatic carbocycles. The van der Waals surface area contributed by atoms with Crippen LogP contribution in [0.2, 0.25) is 0 Å². The molecule has 0 aliphatic heterocycles. The second kappa shape index (κ2) is 3.45. The zero-order chi connectivity index (χ0) is 9.97. The van der Waals surface area contributed by atoms with E-state index in [1.807, 2.05) is 31.2 Å². The third-order valence-corrected chi connectivity index (χ3v) is 1.95. The van der Waals surface area contributed by atoms with Crippen LogP contribution in [0, 0.1) is 0 Å². The van der Waals surface area contributed by atoms with Gasteiger partial charge in [-0.15, -0.1) is 15.0 Å². The van der Waals surface area contributed by atoms with Crippen molar-refractivity contribution in [2.45, 2.75) is 13.3 Å². The molecular formula is C9H10N4O. The number of hydrogen-bond acceptors (Lipinski definition) is 4. The maximum Gasteiger partial charge on any atom is 0.189 e. The lowest BCUT2D eigenvalue weighted by atomic mass is 10.3. The van der Waals surface area contributed by atoms with Crippen molar-refractivity contribution in [3.05, 3.63) is 24.3 Å². The summed E-state index contributed by atoms with van der Waals surface area (Å²) in [5, 5.41) is 20.2. The largest absolute Gasteiger partial charge is 0.409 e. The fourth-order valence-corrected chi connectivity index (χ4v) is 1.23. The summed E-state index contributed by atoms with van der Waals surface area (Å²) >= 11 is 0. The Morgan fingerprint density at radius 3 is 2.36 bits per heavy atom. The zero-order valence-electron chi connectivity index (χ0n) is 7.75. The van der Waals surface area contributed by atoms with Gasteiger partial charge >= 0.3 is 0 Å². The van der Waals surface area contributed by atoms with Gasteiger partial charge in [-0.05, 0) is 12.1 Å². The topological polar surface area (TPSA) is 63.3 Å². The van der Waals surface area contributed by atoms with Crippen molar-refractivity contribution in [3.8, 4) is 0 Å². The van der Waals surface area contributed by atoms with E-state index >= 15 is 0 Å². The van der Waals surface area contributed by atoms with Crippen molar-refractivity contribution < 1.29 is 5.21 Å². The molecule has 0 unspecified atom stereocenters. The average molecular weight is 190 g/mol. The highest BCUT2D eigenvalue weighted by Gasteiger charge is 2.05. The number of nitrogens with zero attached hydrogens (tertiary/aromatic N) is 4. The van der Waals surface area contributed by atoms with Crippen LogP contribution in [-0.4, -0.2) is 26.0 Å². The SMILES string of the molecule is CC/C(=N\O)n1nc2ccccc2n1. The van der Waals surface area contributed by atoms with Gasteiger partial charge in [0, 0.05) is 6.42 Å². The average Bonchev–Trinajstić information content (AvgIpc) is 2.63. The Labute approximate surface area is 80.6 Å². The molecule has 0 amide bonds. The van der Waals surface area contributed by atoms with Gasteiger partial charge in [0.05, 0.1) is 0 Å². The molecule has 2 rings (SSSR count). The first-order chi connectivity index (χ1) is 6.85. The molecule has 1 aromatic heterocycles. The number of rotatable bonds is 1. The third kappa shape index (κ3) is 1.32. The Morgan fingerprint density at radius 1 is 1.36 bits per heavy atom. The predicted octanol–water partition coefficient (Wildman–Crippen LogP) is 1.48. The van der Waals surface area contributed by atoms with Gasteiger partial charge in [0.2, 0.25) is 0 Å². The van der Waals surface area contributed by atoms with Crippen LogP contribution in [0.15, 0.2) is 29.4 Å². The van der Waals surface area contributed by atoms with Crippen molar-refractivity contribution in [2.24, 2.45) is 5.16 Å². The Bertz CT molecular complexity index is 441. The quantitative estimate of drug-likeness (QED) is 0.320. The van der Waals surface area contributed by atoms with Gasteiger partial charge in [-0.1, -0.05) is 24.2 Å². The Kier molecular flexibility index (Phi) is 2.14. The lowest BCUT2D eigenvalue weighted by molar-refractivity contribution is 0.314. The van der Waals surface area contributed by atoms with E-state index in [-0.39, 0.29) is 0 Å². The van der Waals surface area contributed by atoms with E-state index < -0.39 is 0 Å². The van der Waals surface area contributed by atoms with E-state index in [9.17, 15) is 0 Å². The lowest BCUT2D eigenvalue weighted by Crippen LogP contribution is -2.13. The van der Waals surface area contributed by atoms with Gasteiger partial charge in [0.15, 0.2) is 5.84 Å². The number of oxime groups is 1. The number of hydrogen-bond donors (Lipinski definition) is 1. The summed E-state index contributed by atoms with van der Waals surface area (Å²) in [5.74, 6) is 0.432. The van der Waals surface area contributed by atoms with Crippen LogP contribution >= 0.6 is 0 Å². The monoisotopic (exact) mass is 190 g/mol. The normalized spacial score (nSPS) is 12.2. The molecular weight excluding hydrogens is 180 g/mol. The molecule has 0 radical (unpaired) electrons. The van der Waals surface area contributed by atoms with Crippen molar-refractivity contribution >= 4 is 16.9 Å². The Morgan fingerprint density at radius 2 is 1.93 bits per heavy atom. The van der Waals surface area contributed by atoms with Gasteiger partial charge in [-0.3, -0.25) is 0 Å². The molecule has 2 aromatic rings. The zero-order valence-corrected chi connectivity index (χ0v) is 7.75. The molecule has 0 fully saturated rings. The molecule has 14 heavy (non-hydrogen) atoms. The van der Waals surface area contributed by atoms with Gasteiger partial charge in [-0.2, -0.15) is 0 Å². The van der Waals surface area contributed by atoms with E-state index in [4.69, 9.17) is 5.21 Å². The first-order valence-corrected chi connectivity index (χ1v) is 4.38. The minimum Gasteiger partial charge on any atom is -0.409 e. The minimum atomic E-state index is 0.432. The van der Waals surface area contributed by atoms with E-state index in [0.717, 1.165) is 11.0 Å². The first-order valence-electron chi connectivity index (χ1n) is 4.38.